The minimum atomic E-state index is -3.84. The van der Waals surface area contributed by atoms with E-state index >= 15 is 0 Å². The van der Waals surface area contributed by atoms with Crippen molar-refractivity contribution in [2.24, 2.45) is 5.92 Å². The summed E-state index contributed by atoms with van der Waals surface area (Å²) in [5.41, 5.74) is -0.403. The third-order valence-electron chi connectivity index (χ3n) is 3.07. The van der Waals surface area contributed by atoms with E-state index in [1.807, 2.05) is 13.8 Å². The van der Waals surface area contributed by atoms with Crippen LogP contribution in [0.4, 0.5) is 5.69 Å². The van der Waals surface area contributed by atoms with Crippen molar-refractivity contribution in [1.82, 2.24) is 4.72 Å². The van der Waals surface area contributed by atoms with Crippen LogP contribution >= 0.6 is 0 Å². The lowest BCUT2D eigenvalue weighted by atomic mass is 10.0. The molecule has 1 rings (SSSR count). The molecule has 6 nitrogen and oxygen atoms in total. The fourth-order valence-electron chi connectivity index (χ4n) is 1.72. The van der Waals surface area contributed by atoms with Gasteiger partial charge in [-0.15, -0.1) is 0 Å². The molecule has 0 bridgehead atoms. The predicted molar refractivity (Wildman–Crippen MR) is 72.4 cm³/mol. The van der Waals surface area contributed by atoms with Gasteiger partial charge in [0.05, 0.1) is 4.92 Å². The quantitative estimate of drug-likeness (QED) is 0.615. The molecule has 0 spiro atoms. The van der Waals surface area contributed by atoms with Crippen molar-refractivity contribution >= 4 is 15.7 Å². The molecule has 0 fully saturated rings. The van der Waals surface area contributed by atoms with Crippen LogP contribution in [-0.2, 0) is 10.0 Å². The zero-order valence-electron chi connectivity index (χ0n) is 11.0. The predicted octanol–water partition coefficient (Wildman–Crippen LogP) is 2.31. The van der Waals surface area contributed by atoms with E-state index in [0.29, 0.717) is 6.54 Å². The van der Waals surface area contributed by atoms with Crippen molar-refractivity contribution in [2.75, 3.05) is 6.54 Å². The molecule has 0 atom stereocenters. The maximum Gasteiger partial charge on any atom is 0.289 e. The van der Waals surface area contributed by atoms with Crippen LogP contribution < -0.4 is 4.72 Å². The molecule has 1 aromatic rings. The van der Waals surface area contributed by atoms with Gasteiger partial charge in [-0.2, -0.15) is 0 Å². The number of para-hydroxylation sites is 1. The highest BCUT2D eigenvalue weighted by molar-refractivity contribution is 7.89. The Morgan fingerprint density at radius 3 is 2.37 bits per heavy atom. The highest BCUT2D eigenvalue weighted by atomic mass is 32.2. The van der Waals surface area contributed by atoms with Crippen LogP contribution in [0.2, 0.25) is 0 Å². The Kier molecular flexibility index (Phi) is 5.44. The lowest BCUT2D eigenvalue weighted by Gasteiger charge is -2.13. The van der Waals surface area contributed by atoms with Crippen LogP contribution in [-0.4, -0.2) is 19.9 Å². The Morgan fingerprint density at radius 2 is 1.84 bits per heavy atom. The minimum absolute atomic E-state index is 0.234. The molecule has 0 aliphatic heterocycles. The minimum Gasteiger partial charge on any atom is -0.258 e. The summed E-state index contributed by atoms with van der Waals surface area (Å²) in [6, 6.07) is 5.34. The Balaban J connectivity index is 2.98. The zero-order valence-corrected chi connectivity index (χ0v) is 11.8. The first-order valence-electron chi connectivity index (χ1n) is 6.15. The second-order valence-corrected chi connectivity index (χ2v) is 5.99. The number of nitro groups is 1. The molecule has 0 aromatic heterocycles. The number of hydrogen-bond donors (Lipinski definition) is 1. The van der Waals surface area contributed by atoms with Crippen molar-refractivity contribution in [2.45, 2.75) is 31.6 Å². The van der Waals surface area contributed by atoms with Crippen molar-refractivity contribution in [3.8, 4) is 0 Å². The van der Waals surface area contributed by atoms with Gasteiger partial charge in [0.1, 0.15) is 0 Å². The summed E-state index contributed by atoms with van der Waals surface area (Å²) in [4.78, 5) is 9.86. The molecule has 0 aliphatic carbocycles. The van der Waals surface area contributed by atoms with Gasteiger partial charge >= 0.3 is 0 Å². The molecule has 0 radical (unpaired) electrons. The molecular weight excluding hydrogens is 268 g/mol. The highest BCUT2D eigenvalue weighted by Crippen LogP contribution is 2.22. The monoisotopic (exact) mass is 286 g/mol. The number of nitro benzene ring substituents is 1. The first-order valence-corrected chi connectivity index (χ1v) is 7.63. The van der Waals surface area contributed by atoms with Crippen LogP contribution in [0.1, 0.15) is 26.7 Å². The van der Waals surface area contributed by atoms with Crippen molar-refractivity contribution in [3.05, 3.63) is 34.4 Å². The molecule has 0 unspecified atom stereocenters. The molecule has 0 saturated carbocycles. The van der Waals surface area contributed by atoms with Crippen LogP contribution in [0.15, 0.2) is 29.2 Å². The molecule has 19 heavy (non-hydrogen) atoms. The number of benzene rings is 1. The van der Waals surface area contributed by atoms with Gasteiger partial charge in [0, 0.05) is 12.6 Å². The summed E-state index contributed by atoms with van der Waals surface area (Å²) in [6.45, 7) is 4.25. The third kappa shape index (κ3) is 4.00. The van der Waals surface area contributed by atoms with E-state index in [1.165, 1.54) is 24.3 Å². The average molecular weight is 286 g/mol. The van der Waals surface area contributed by atoms with Gasteiger partial charge in [0.15, 0.2) is 4.90 Å². The van der Waals surface area contributed by atoms with Gasteiger partial charge in [-0.05, 0) is 12.0 Å². The second kappa shape index (κ2) is 6.63. The summed E-state index contributed by atoms with van der Waals surface area (Å²) in [6.07, 6.45) is 1.71. The molecule has 0 amide bonds. The SMILES string of the molecule is CCC(CC)CNS(=O)(=O)c1ccccc1[N+](=O)[O-]. The third-order valence-corrected chi connectivity index (χ3v) is 4.54. The Morgan fingerprint density at radius 1 is 1.26 bits per heavy atom. The number of nitrogens with one attached hydrogen (secondary N) is 1. The standard InChI is InChI=1S/C12H18N2O4S/c1-3-10(4-2)9-13-19(17,18)12-8-6-5-7-11(12)14(15)16/h5-8,10,13H,3-4,9H2,1-2H3. The number of rotatable bonds is 7. The van der Waals surface area contributed by atoms with Gasteiger partial charge in [0.25, 0.3) is 5.69 Å². The van der Waals surface area contributed by atoms with Gasteiger partial charge in [-0.3, -0.25) is 10.1 Å². The molecule has 106 valence electrons. The lowest BCUT2D eigenvalue weighted by Crippen LogP contribution is -2.29. The second-order valence-electron chi connectivity index (χ2n) is 4.26. The topological polar surface area (TPSA) is 89.3 Å². The fraction of sp³-hybridized carbons (Fsp3) is 0.500. The molecule has 0 aliphatic rings. The van der Waals surface area contributed by atoms with E-state index < -0.39 is 20.6 Å². The molecule has 1 N–H and O–H groups in total. The Labute approximate surface area is 113 Å². The van der Waals surface area contributed by atoms with E-state index in [-0.39, 0.29) is 10.8 Å². The van der Waals surface area contributed by atoms with E-state index in [9.17, 15) is 18.5 Å². The van der Waals surface area contributed by atoms with Gasteiger partial charge in [-0.1, -0.05) is 38.8 Å². The Bertz CT molecular complexity index is 538. The molecule has 7 heteroatoms. The highest BCUT2D eigenvalue weighted by Gasteiger charge is 2.25. The summed E-state index contributed by atoms with van der Waals surface area (Å²) in [7, 11) is -3.84. The average Bonchev–Trinajstić information content (AvgIpc) is 2.39. The normalized spacial score (nSPS) is 11.7. The zero-order chi connectivity index (χ0) is 14.5. The summed E-state index contributed by atoms with van der Waals surface area (Å²) in [5, 5.41) is 10.8. The van der Waals surface area contributed by atoms with Crippen LogP contribution in [0.5, 0.6) is 0 Å². The van der Waals surface area contributed by atoms with E-state index in [4.69, 9.17) is 0 Å². The van der Waals surface area contributed by atoms with Crippen LogP contribution in [0, 0.1) is 16.0 Å². The van der Waals surface area contributed by atoms with E-state index in [2.05, 4.69) is 4.72 Å². The van der Waals surface area contributed by atoms with Crippen LogP contribution in [0.3, 0.4) is 0 Å². The summed E-state index contributed by atoms with van der Waals surface area (Å²) >= 11 is 0. The van der Waals surface area contributed by atoms with Gasteiger partial charge in [0.2, 0.25) is 10.0 Å². The number of sulfonamides is 1. The maximum atomic E-state index is 12.1. The smallest absolute Gasteiger partial charge is 0.258 e. The fourth-order valence-corrected chi connectivity index (χ4v) is 3.00. The first-order chi connectivity index (χ1) is 8.92. The van der Waals surface area contributed by atoms with Gasteiger partial charge in [-0.25, -0.2) is 13.1 Å². The molecule has 0 saturated heterocycles. The van der Waals surface area contributed by atoms with E-state index in [1.54, 1.807) is 0 Å². The molecule has 1 aromatic carbocycles. The van der Waals surface area contributed by atoms with Crippen LogP contribution in [0.25, 0.3) is 0 Å². The molecule has 0 heterocycles. The Hall–Kier alpha value is -1.47. The maximum absolute atomic E-state index is 12.1. The number of hydrogen-bond acceptors (Lipinski definition) is 4. The first kappa shape index (κ1) is 15.6. The molecular formula is C12H18N2O4S. The van der Waals surface area contributed by atoms with Gasteiger partial charge < -0.3 is 0 Å². The van der Waals surface area contributed by atoms with E-state index in [0.717, 1.165) is 12.8 Å². The largest absolute Gasteiger partial charge is 0.289 e. The summed E-state index contributed by atoms with van der Waals surface area (Å²) in [5.74, 6) is 0.234. The van der Waals surface area contributed by atoms with Crippen molar-refractivity contribution in [1.29, 1.82) is 0 Å². The lowest BCUT2D eigenvalue weighted by molar-refractivity contribution is -0.387. The van der Waals surface area contributed by atoms with Crippen molar-refractivity contribution < 1.29 is 13.3 Å². The van der Waals surface area contributed by atoms with Crippen molar-refractivity contribution in [3.63, 3.8) is 0 Å². The number of nitrogens with zero attached hydrogens (tertiary/aromatic N) is 1. The summed E-state index contributed by atoms with van der Waals surface area (Å²) < 4.78 is 26.6.